The molecule has 0 aromatic carbocycles. The molecule has 0 fully saturated rings. The SMILES string of the molecule is NC(N)=NN=C1C(Cl)=CC=CC1Cl. The molecule has 70 valence electrons. The first-order valence-electron chi connectivity index (χ1n) is 3.46. The number of hydrogen-bond acceptors (Lipinski definition) is 2. The third-order valence-corrected chi connectivity index (χ3v) is 1.97. The zero-order valence-electron chi connectivity index (χ0n) is 6.61. The number of alkyl halides is 1. The smallest absolute Gasteiger partial charge is 0.211 e. The summed E-state index contributed by atoms with van der Waals surface area (Å²) in [6, 6.07) is 0. The molecule has 0 saturated heterocycles. The van der Waals surface area contributed by atoms with Gasteiger partial charge in [-0.1, -0.05) is 23.8 Å². The quantitative estimate of drug-likeness (QED) is 0.297. The summed E-state index contributed by atoms with van der Waals surface area (Å²) < 4.78 is 0. The number of allylic oxidation sites excluding steroid dienone is 4. The maximum Gasteiger partial charge on any atom is 0.211 e. The van der Waals surface area contributed by atoms with Crippen LogP contribution in [-0.2, 0) is 0 Å². The predicted molar refractivity (Wildman–Crippen MR) is 56.0 cm³/mol. The number of guanidine groups is 1. The Morgan fingerprint density at radius 1 is 1.46 bits per heavy atom. The van der Waals surface area contributed by atoms with E-state index in [1.54, 1.807) is 18.2 Å². The van der Waals surface area contributed by atoms with Crippen LogP contribution in [0.4, 0.5) is 0 Å². The maximum absolute atomic E-state index is 5.87. The zero-order chi connectivity index (χ0) is 9.84. The molecular weight excluding hydrogens is 211 g/mol. The van der Waals surface area contributed by atoms with Crippen LogP contribution in [0, 0.1) is 0 Å². The van der Waals surface area contributed by atoms with Crippen LogP contribution in [0.1, 0.15) is 0 Å². The van der Waals surface area contributed by atoms with Crippen LogP contribution in [0.25, 0.3) is 0 Å². The Balaban J connectivity index is 2.91. The highest BCUT2D eigenvalue weighted by Gasteiger charge is 2.16. The Labute approximate surface area is 85.6 Å². The lowest BCUT2D eigenvalue weighted by Crippen LogP contribution is -2.23. The van der Waals surface area contributed by atoms with Crippen molar-refractivity contribution in [3.8, 4) is 0 Å². The molecule has 1 aliphatic carbocycles. The third kappa shape index (κ3) is 2.75. The van der Waals surface area contributed by atoms with E-state index in [9.17, 15) is 0 Å². The van der Waals surface area contributed by atoms with Gasteiger partial charge >= 0.3 is 0 Å². The van der Waals surface area contributed by atoms with Gasteiger partial charge in [0.1, 0.15) is 5.71 Å². The normalized spacial score (nSPS) is 24.3. The van der Waals surface area contributed by atoms with Crippen LogP contribution in [-0.4, -0.2) is 17.0 Å². The Hall–Kier alpha value is -1.000. The predicted octanol–water partition coefficient (Wildman–Crippen LogP) is 0.916. The average molecular weight is 219 g/mol. The fourth-order valence-electron chi connectivity index (χ4n) is 0.760. The second kappa shape index (κ2) is 4.30. The molecule has 4 nitrogen and oxygen atoms in total. The number of hydrogen-bond donors (Lipinski definition) is 2. The molecule has 0 bridgehead atoms. The lowest BCUT2D eigenvalue weighted by molar-refractivity contribution is 1.18. The molecule has 0 radical (unpaired) electrons. The highest BCUT2D eigenvalue weighted by Crippen LogP contribution is 2.18. The van der Waals surface area contributed by atoms with Crippen molar-refractivity contribution in [3.63, 3.8) is 0 Å². The molecule has 0 aliphatic heterocycles. The summed E-state index contributed by atoms with van der Waals surface area (Å²) in [5.41, 5.74) is 10.6. The van der Waals surface area contributed by atoms with Crippen LogP contribution < -0.4 is 11.5 Å². The van der Waals surface area contributed by atoms with Crippen molar-refractivity contribution in [2.75, 3.05) is 0 Å². The second-order valence-electron chi connectivity index (χ2n) is 2.31. The second-order valence-corrected chi connectivity index (χ2v) is 3.19. The summed E-state index contributed by atoms with van der Waals surface area (Å²) >= 11 is 11.7. The first kappa shape index (κ1) is 10.1. The van der Waals surface area contributed by atoms with Gasteiger partial charge in [0.05, 0.1) is 10.4 Å². The van der Waals surface area contributed by atoms with Gasteiger partial charge in [0.25, 0.3) is 0 Å². The number of halogens is 2. The molecule has 1 aliphatic rings. The van der Waals surface area contributed by atoms with Gasteiger partial charge in [-0.25, -0.2) is 0 Å². The Bertz CT molecular complexity index is 312. The van der Waals surface area contributed by atoms with Crippen molar-refractivity contribution in [3.05, 3.63) is 23.3 Å². The van der Waals surface area contributed by atoms with Gasteiger partial charge in [-0.05, 0) is 6.08 Å². The fourth-order valence-corrected chi connectivity index (χ4v) is 1.29. The van der Waals surface area contributed by atoms with Gasteiger partial charge in [0.2, 0.25) is 5.96 Å². The topological polar surface area (TPSA) is 76.8 Å². The third-order valence-electron chi connectivity index (χ3n) is 1.30. The molecule has 4 N–H and O–H groups in total. The van der Waals surface area contributed by atoms with E-state index in [1.807, 2.05) is 0 Å². The average Bonchev–Trinajstić information content (AvgIpc) is 2.03. The van der Waals surface area contributed by atoms with Gasteiger partial charge in [-0.15, -0.1) is 21.8 Å². The Morgan fingerprint density at radius 3 is 2.69 bits per heavy atom. The van der Waals surface area contributed by atoms with E-state index in [-0.39, 0.29) is 11.3 Å². The molecule has 1 rings (SSSR count). The summed E-state index contributed by atoms with van der Waals surface area (Å²) in [5, 5.41) is 7.23. The van der Waals surface area contributed by atoms with Crippen molar-refractivity contribution in [2.45, 2.75) is 5.38 Å². The van der Waals surface area contributed by atoms with Crippen LogP contribution in [0.15, 0.2) is 33.5 Å². The standard InChI is InChI=1S/C7H8Cl2N4/c8-4-2-1-3-5(9)6(4)12-13-7(10)11/h1-4H,(H4,10,11,13). The van der Waals surface area contributed by atoms with Crippen molar-refractivity contribution < 1.29 is 0 Å². The van der Waals surface area contributed by atoms with Gasteiger partial charge in [0.15, 0.2) is 0 Å². The molecule has 0 amide bonds. The van der Waals surface area contributed by atoms with Crippen molar-refractivity contribution in [2.24, 2.45) is 21.7 Å². The number of nitrogens with two attached hydrogens (primary N) is 2. The molecule has 0 spiro atoms. The molecule has 0 saturated carbocycles. The van der Waals surface area contributed by atoms with E-state index in [2.05, 4.69) is 10.2 Å². The monoisotopic (exact) mass is 218 g/mol. The molecule has 0 aromatic rings. The minimum atomic E-state index is -0.388. The lowest BCUT2D eigenvalue weighted by Gasteiger charge is -2.09. The lowest BCUT2D eigenvalue weighted by atomic mass is 10.1. The number of rotatable bonds is 1. The minimum absolute atomic E-state index is 0.129. The van der Waals surface area contributed by atoms with Crippen molar-refractivity contribution in [1.82, 2.24) is 0 Å². The number of nitrogens with zero attached hydrogens (tertiary/aromatic N) is 2. The fraction of sp³-hybridized carbons (Fsp3) is 0.143. The largest absolute Gasteiger partial charge is 0.369 e. The highest BCUT2D eigenvalue weighted by atomic mass is 35.5. The van der Waals surface area contributed by atoms with Gasteiger partial charge in [-0.2, -0.15) is 0 Å². The molecular formula is C7H8Cl2N4. The summed E-state index contributed by atoms with van der Waals surface area (Å²) in [6.45, 7) is 0. The Kier molecular flexibility index (Phi) is 3.33. The van der Waals surface area contributed by atoms with Crippen LogP contribution in [0.3, 0.4) is 0 Å². The van der Waals surface area contributed by atoms with Crippen LogP contribution in [0.2, 0.25) is 0 Å². The Morgan fingerprint density at radius 2 is 2.15 bits per heavy atom. The van der Waals surface area contributed by atoms with Gasteiger partial charge in [-0.3, -0.25) is 0 Å². The van der Waals surface area contributed by atoms with E-state index in [0.29, 0.717) is 10.7 Å². The van der Waals surface area contributed by atoms with E-state index >= 15 is 0 Å². The zero-order valence-corrected chi connectivity index (χ0v) is 8.13. The van der Waals surface area contributed by atoms with Gasteiger partial charge in [0, 0.05) is 0 Å². The van der Waals surface area contributed by atoms with Gasteiger partial charge < -0.3 is 11.5 Å². The highest BCUT2D eigenvalue weighted by molar-refractivity contribution is 6.50. The maximum atomic E-state index is 5.87. The molecule has 13 heavy (non-hydrogen) atoms. The van der Waals surface area contributed by atoms with E-state index in [1.165, 1.54) is 0 Å². The van der Waals surface area contributed by atoms with Crippen molar-refractivity contribution in [1.29, 1.82) is 0 Å². The molecule has 1 unspecified atom stereocenters. The van der Waals surface area contributed by atoms with E-state index < -0.39 is 0 Å². The molecule has 0 aromatic heterocycles. The van der Waals surface area contributed by atoms with Crippen LogP contribution in [0.5, 0.6) is 0 Å². The first-order chi connectivity index (χ1) is 6.11. The first-order valence-corrected chi connectivity index (χ1v) is 4.27. The van der Waals surface area contributed by atoms with E-state index in [0.717, 1.165) is 0 Å². The summed E-state index contributed by atoms with van der Waals surface area (Å²) in [4.78, 5) is 0. The van der Waals surface area contributed by atoms with E-state index in [4.69, 9.17) is 34.7 Å². The summed E-state index contributed by atoms with van der Waals surface area (Å²) in [7, 11) is 0. The molecule has 1 atom stereocenters. The summed E-state index contributed by atoms with van der Waals surface area (Å²) in [6.07, 6.45) is 5.14. The minimum Gasteiger partial charge on any atom is -0.369 e. The van der Waals surface area contributed by atoms with Crippen LogP contribution >= 0.6 is 23.2 Å². The molecule has 6 heteroatoms. The van der Waals surface area contributed by atoms with Crippen molar-refractivity contribution >= 4 is 34.9 Å². The molecule has 0 heterocycles. The summed E-state index contributed by atoms with van der Waals surface area (Å²) in [5.74, 6) is -0.129.